The first-order valence-corrected chi connectivity index (χ1v) is 7.60. The lowest BCUT2D eigenvalue weighted by molar-refractivity contribution is 0.387. The van der Waals surface area contributed by atoms with Gasteiger partial charge in [-0.25, -0.2) is 12.8 Å². The normalized spacial score (nSPS) is 11.2. The Morgan fingerprint density at radius 2 is 1.95 bits per heavy atom. The summed E-state index contributed by atoms with van der Waals surface area (Å²) in [4.78, 5) is 0.0933. The lowest BCUT2D eigenvalue weighted by Gasteiger charge is -2.12. The van der Waals surface area contributed by atoms with Crippen LogP contribution in [-0.4, -0.2) is 15.5 Å². The molecular weight excluding hydrogens is 295 g/mol. The maximum absolute atomic E-state index is 13.3. The second-order valence-corrected chi connectivity index (χ2v) is 5.92. The number of anilines is 1. The number of ether oxygens (including phenoxy) is 1. The number of nitrogens with two attached hydrogens (primary N) is 1. The van der Waals surface area contributed by atoms with E-state index in [4.69, 9.17) is 10.5 Å². The second kappa shape index (κ2) is 6.11. The van der Waals surface area contributed by atoms with E-state index in [9.17, 15) is 12.8 Å². The van der Waals surface area contributed by atoms with Crippen LogP contribution in [0.15, 0.2) is 47.4 Å². The van der Waals surface area contributed by atoms with Crippen LogP contribution in [-0.2, 0) is 16.6 Å². The van der Waals surface area contributed by atoms with Crippen molar-refractivity contribution < 1.29 is 17.5 Å². The van der Waals surface area contributed by atoms with Gasteiger partial charge >= 0.3 is 0 Å². The predicted molar refractivity (Wildman–Crippen MR) is 78.1 cm³/mol. The zero-order valence-electron chi connectivity index (χ0n) is 11.3. The van der Waals surface area contributed by atoms with Gasteiger partial charge in [0.15, 0.2) is 11.6 Å². The molecule has 0 amide bonds. The minimum absolute atomic E-state index is 0.0395. The summed E-state index contributed by atoms with van der Waals surface area (Å²) >= 11 is 0. The summed E-state index contributed by atoms with van der Waals surface area (Å²) in [6.07, 6.45) is 0. The highest BCUT2D eigenvalue weighted by molar-refractivity contribution is 7.92. The van der Waals surface area contributed by atoms with Gasteiger partial charge in [-0.15, -0.1) is 0 Å². The van der Waals surface area contributed by atoms with E-state index in [1.807, 2.05) is 0 Å². The van der Waals surface area contributed by atoms with E-state index in [1.54, 1.807) is 18.2 Å². The van der Waals surface area contributed by atoms with Crippen LogP contribution >= 0.6 is 0 Å². The van der Waals surface area contributed by atoms with Crippen LogP contribution in [0.3, 0.4) is 0 Å². The monoisotopic (exact) mass is 310 g/mol. The minimum Gasteiger partial charge on any atom is -0.494 e. The van der Waals surface area contributed by atoms with Gasteiger partial charge in [-0.1, -0.05) is 18.2 Å². The van der Waals surface area contributed by atoms with E-state index in [0.29, 0.717) is 5.56 Å². The molecule has 0 heterocycles. The lowest BCUT2D eigenvalue weighted by Crippen LogP contribution is -2.16. The van der Waals surface area contributed by atoms with Crippen LogP contribution in [0.1, 0.15) is 5.56 Å². The van der Waals surface area contributed by atoms with E-state index in [0.717, 1.165) is 6.07 Å². The van der Waals surface area contributed by atoms with Crippen LogP contribution in [0.5, 0.6) is 5.75 Å². The zero-order valence-corrected chi connectivity index (χ0v) is 12.2. The number of nitrogens with one attached hydrogen (secondary N) is 1. The highest BCUT2D eigenvalue weighted by Crippen LogP contribution is 2.24. The second-order valence-electron chi connectivity index (χ2n) is 4.27. The standard InChI is InChI=1S/C14H15FN2O3S/c1-20-13-8-11(6-7-12(13)15)17-21(18,19)14-5-3-2-4-10(14)9-16/h2-8,17H,9,16H2,1H3. The first-order chi connectivity index (χ1) is 9.97. The number of halogens is 1. The van der Waals surface area contributed by atoms with E-state index in [-0.39, 0.29) is 22.9 Å². The number of methoxy groups -OCH3 is 1. The first-order valence-electron chi connectivity index (χ1n) is 6.12. The lowest BCUT2D eigenvalue weighted by atomic mass is 10.2. The van der Waals surface area contributed by atoms with Crippen LogP contribution in [0.25, 0.3) is 0 Å². The van der Waals surface area contributed by atoms with E-state index < -0.39 is 15.8 Å². The molecule has 0 radical (unpaired) electrons. The van der Waals surface area contributed by atoms with Crippen molar-refractivity contribution in [1.29, 1.82) is 0 Å². The van der Waals surface area contributed by atoms with Crippen molar-refractivity contribution in [1.82, 2.24) is 0 Å². The summed E-state index contributed by atoms with van der Waals surface area (Å²) in [6, 6.07) is 10.1. The molecule has 0 fully saturated rings. The van der Waals surface area contributed by atoms with E-state index >= 15 is 0 Å². The molecular formula is C14H15FN2O3S. The molecule has 0 saturated heterocycles. The maximum Gasteiger partial charge on any atom is 0.262 e. The van der Waals surface area contributed by atoms with Gasteiger partial charge in [-0.05, 0) is 23.8 Å². The van der Waals surface area contributed by atoms with Gasteiger partial charge < -0.3 is 10.5 Å². The van der Waals surface area contributed by atoms with Crippen molar-refractivity contribution in [2.24, 2.45) is 5.73 Å². The highest BCUT2D eigenvalue weighted by atomic mass is 32.2. The summed E-state index contributed by atoms with van der Waals surface area (Å²) in [5, 5.41) is 0. The number of sulfonamides is 1. The van der Waals surface area contributed by atoms with Gasteiger partial charge in [0.05, 0.1) is 17.7 Å². The molecule has 0 saturated carbocycles. The third kappa shape index (κ3) is 3.32. The number of benzene rings is 2. The molecule has 7 heteroatoms. The van der Waals surface area contributed by atoms with Crippen molar-refractivity contribution >= 4 is 15.7 Å². The van der Waals surface area contributed by atoms with Gasteiger partial charge in [0.1, 0.15) is 0 Å². The molecule has 0 spiro atoms. The fourth-order valence-electron chi connectivity index (χ4n) is 1.87. The number of hydrogen-bond acceptors (Lipinski definition) is 4. The molecule has 2 rings (SSSR count). The smallest absolute Gasteiger partial charge is 0.262 e. The Morgan fingerprint density at radius 1 is 1.24 bits per heavy atom. The Hall–Kier alpha value is -2.12. The molecule has 0 aliphatic carbocycles. The quantitative estimate of drug-likeness (QED) is 0.886. The summed E-state index contributed by atoms with van der Waals surface area (Å²) in [5.74, 6) is -0.606. The van der Waals surface area contributed by atoms with Crippen molar-refractivity contribution in [3.8, 4) is 5.75 Å². The van der Waals surface area contributed by atoms with E-state index in [2.05, 4.69) is 4.72 Å². The Kier molecular flexibility index (Phi) is 4.44. The van der Waals surface area contributed by atoms with Crippen molar-refractivity contribution in [2.75, 3.05) is 11.8 Å². The highest BCUT2D eigenvalue weighted by Gasteiger charge is 2.18. The average Bonchev–Trinajstić information content (AvgIpc) is 2.49. The molecule has 2 aromatic rings. The largest absolute Gasteiger partial charge is 0.494 e. The minimum atomic E-state index is -3.80. The topological polar surface area (TPSA) is 81.4 Å². The Labute approximate surface area is 122 Å². The third-order valence-electron chi connectivity index (χ3n) is 2.89. The predicted octanol–water partition coefficient (Wildman–Crippen LogP) is 2.09. The fourth-order valence-corrected chi connectivity index (χ4v) is 3.17. The van der Waals surface area contributed by atoms with Gasteiger partial charge in [-0.2, -0.15) is 0 Å². The summed E-state index contributed by atoms with van der Waals surface area (Å²) in [6.45, 7) is 0.101. The molecule has 3 N–H and O–H groups in total. The maximum atomic E-state index is 13.3. The molecule has 0 aromatic heterocycles. The van der Waals surface area contributed by atoms with Crippen molar-refractivity contribution in [3.63, 3.8) is 0 Å². The van der Waals surface area contributed by atoms with Crippen molar-refractivity contribution in [3.05, 3.63) is 53.8 Å². The van der Waals surface area contributed by atoms with Gasteiger partial charge in [0, 0.05) is 12.6 Å². The summed E-state index contributed by atoms with van der Waals surface area (Å²) < 4.78 is 45.3. The molecule has 2 aromatic carbocycles. The van der Waals surface area contributed by atoms with Gasteiger partial charge in [-0.3, -0.25) is 4.72 Å². The Morgan fingerprint density at radius 3 is 2.62 bits per heavy atom. The first kappa shape index (κ1) is 15.3. The number of rotatable bonds is 5. The zero-order chi connectivity index (χ0) is 15.5. The molecule has 112 valence electrons. The fraction of sp³-hybridized carbons (Fsp3) is 0.143. The summed E-state index contributed by atoms with van der Waals surface area (Å²) in [7, 11) is -2.50. The summed E-state index contributed by atoms with van der Waals surface area (Å²) in [5.41, 5.74) is 6.25. The van der Waals surface area contributed by atoms with Gasteiger partial charge in [0.2, 0.25) is 0 Å². The van der Waals surface area contributed by atoms with Crippen LogP contribution in [0, 0.1) is 5.82 Å². The number of hydrogen-bond donors (Lipinski definition) is 2. The molecule has 5 nitrogen and oxygen atoms in total. The third-order valence-corrected chi connectivity index (χ3v) is 4.37. The average molecular weight is 310 g/mol. The molecule has 0 aliphatic rings. The van der Waals surface area contributed by atoms with Crippen molar-refractivity contribution in [2.45, 2.75) is 11.4 Å². The van der Waals surface area contributed by atoms with Crippen LogP contribution < -0.4 is 15.2 Å². The molecule has 0 unspecified atom stereocenters. The van der Waals surface area contributed by atoms with E-state index in [1.165, 1.54) is 25.3 Å². The molecule has 21 heavy (non-hydrogen) atoms. The SMILES string of the molecule is COc1cc(NS(=O)(=O)c2ccccc2CN)ccc1F. The Bertz CT molecular complexity index is 748. The molecule has 0 bridgehead atoms. The molecule has 0 aliphatic heterocycles. The molecule has 0 atom stereocenters. The van der Waals surface area contributed by atoms with Crippen LogP contribution in [0.2, 0.25) is 0 Å². The van der Waals surface area contributed by atoms with Gasteiger partial charge in [0.25, 0.3) is 10.0 Å². The Balaban J connectivity index is 2.37. The van der Waals surface area contributed by atoms with Crippen LogP contribution in [0.4, 0.5) is 10.1 Å².